The number of hydrogen-bond acceptors (Lipinski definition) is 2. The van der Waals surface area contributed by atoms with E-state index in [1.165, 1.54) is 11.1 Å². The van der Waals surface area contributed by atoms with Crippen molar-refractivity contribution in [1.82, 2.24) is 9.78 Å². The molecule has 3 nitrogen and oxygen atoms in total. The Bertz CT molecular complexity index is 736. The second-order valence-electron chi connectivity index (χ2n) is 4.94. The molecule has 0 atom stereocenters. The maximum atomic E-state index is 4.25. The fourth-order valence-corrected chi connectivity index (χ4v) is 2.56. The van der Waals surface area contributed by atoms with Gasteiger partial charge in [-0.15, -0.1) is 0 Å². The third-order valence-electron chi connectivity index (χ3n) is 3.35. The predicted molar refractivity (Wildman–Crippen MR) is 89.8 cm³/mol. The Kier molecular flexibility index (Phi) is 4.06. The van der Waals surface area contributed by atoms with Crippen molar-refractivity contribution < 1.29 is 0 Å². The summed E-state index contributed by atoms with van der Waals surface area (Å²) in [5.74, 6) is 0. The van der Waals surface area contributed by atoms with Crippen LogP contribution in [0, 0.1) is 6.92 Å². The van der Waals surface area contributed by atoms with Crippen molar-refractivity contribution >= 4 is 21.6 Å². The van der Waals surface area contributed by atoms with Gasteiger partial charge in [-0.1, -0.05) is 34.1 Å². The molecule has 4 heteroatoms. The highest BCUT2D eigenvalue weighted by molar-refractivity contribution is 9.10. The first-order chi connectivity index (χ1) is 10.2. The molecule has 21 heavy (non-hydrogen) atoms. The Hall–Kier alpha value is -2.07. The first-order valence-electron chi connectivity index (χ1n) is 6.81. The quantitative estimate of drug-likeness (QED) is 0.754. The smallest absolute Gasteiger partial charge is 0.0666 e. The number of rotatable bonds is 4. The van der Waals surface area contributed by atoms with E-state index in [0.29, 0.717) is 0 Å². The summed E-state index contributed by atoms with van der Waals surface area (Å²) in [6.07, 6.45) is 3.72. The summed E-state index contributed by atoms with van der Waals surface area (Å²) in [6, 6.07) is 16.6. The van der Waals surface area contributed by atoms with Gasteiger partial charge >= 0.3 is 0 Å². The molecule has 0 saturated carbocycles. The van der Waals surface area contributed by atoms with Crippen LogP contribution in [-0.4, -0.2) is 9.78 Å². The summed E-state index contributed by atoms with van der Waals surface area (Å²) in [5.41, 5.74) is 4.63. The lowest BCUT2D eigenvalue weighted by atomic mass is 10.1. The Labute approximate surface area is 132 Å². The van der Waals surface area contributed by atoms with Gasteiger partial charge in [0, 0.05) is 29.1 Å². The molecule has 106 valence electrons. The van der Waals surface area contributed by atoms with Gasteiger partial charge in [0.05, 0.1) is 5.69 Å². The average molecular weight is 342 g/mol. The number of halogens is 1. The molecule has 0 aliphatic rings. The monoisotopic (exact) mass is 341 g/mol. The van der Waals surface area contributed by atoms with E-state index >= 15 is 0 Å². The third kappa shape index (κ3) is 3.34. The van der Waals surface area contributed by atoms with Crippen LogP contribution >= 0.6 is 15.9 Å². The number of anilines is 1. The van der Waals surface area contributed by atoms with E-state index in [9.17, 15) is 0 Å². The van der Waals surface area contributed by atoms with Crippen LogP contribution in [-0.2, 0) is 6.54 Å². The Morgan fingerprint density at radius 1 is 1.14 bits per heavy atom. The maximum Gasteiger partial charge on any atom is 0.0666 e. The summed E-state index contributed by atoms with van der Waals surface area (Å²) in [4.78, 5) is 0. The molecule has 3 aromatic rings. The molecule has 0 aliphatic carbocycles. The van der Waals surface area contributed by atoms with Gasteiger partial charge in [-0.2, -0.15) is 5.10 Å². The molecule has 1 aromatic heterocycles. The van der Waals surface area contributed by atoms with Gasteiger partial charge in [-0.25, -0.2) is 4.68 Å². The standard InChI is InChI=1S/C17H16BrN3/c1-13-6-7-14(10-17(13)18)12-19-15-4-2-5-16(11-15)21-9-3-8-20-21/h2-11,19H,12H2,1H3. The molecule has 0 unspecified atom stereocenters. The second kappa shape index (κ2) is 6.14. The van der Waals surface area contributed by atoms with Crippen LogP contribution in [0.2, 0.25) is 0 Å². The van der Waals surface area contributed by atoms with Crippen LogP contribution in [0.5, 0.6) is 0 Å². The van der Waals surface area contributed by atoms with Gasteiger partial charge in [-0.3, -0.25) is 0 Å². The highest BCUT2D eigenvalue weighted by atomic mass is 79.9. The van der Waals surface area contributed by atoms with Crippen molar-refractivity contribution in [3.8, 4) is 5.69 Å². The van der Waals surface area contributed by atoms with E-state index in [1.807, 2.05) is 29.1 Å². The minimum absolute atomic E-state index is 0.793. The number of nitrogens with zero attached hydrogens (tertiary/aromatic N) is 2. The maximum absolute atomic E-state index is 4.25. The lowest BCUT2D eigenvalue weighted by Gasteiger charge is -2.09. The molecule has 1 heterocycles. The molecule has 1 N–H and O–H groups in total. The van der Waals surface area contributed by atoms with Gasteiger partial charge in [0.1, 0.15) is 0 Å². The Morgan fingerprint density at radius 2 is 2.05 bits per heavy atom. The van der Waals surface area contributed by atoms with Crippen molar-refractivity contribution in [3.05, 3.63) is 76.5 Å². The molecule has 0 bridgehead atoms. The Morgan fingerprint density at radius 3 is 2.81 bits per heavy atom. The zero-order valence-corrected chi connectivity index (χ0v) is 13.3. The molecular weight excluding hydrogens is 326 g/mol. The van der Waals surface area contributed by atoms with E-state index in [-0.39, 0.29) is 0 Å². The van der Waals surface area contributed by atoms with Crippen LogP contribution < -0.4 is 5.32 Å². The number of aryl methyl sites for hydroxylation is 1. The number of hydrogen-bond donors (Lipinski definition) is 1. The zero-order chi connectivity index (χ0) is 14.7. The van der Waals surface area contributed by atoms with Crippen LogP contribution in [0.1, 0.15) is 11.1 Å². The van der Waals surface area contributed by atoms with Gasteiger partial charge < -0.3 is 5.32 Å². The summed E-state index contributed by atoms with van der Waals surface area (Å²) in [7, 11) is 0. The van der Waals surface area contributed by atoms with Crippen molar-refractivity contribution in [2.75, 3.05) is 5.32 Å². The molecule has 0 radical (unpaired) electrons. The first-order valence-corrected chi connectivity index (χ1v) is 7.61. The van der Waals surface area contributed by atoms with Crippen molar-refractivity contribution in [2.45, 2.75) is 13.5 Å². The predicted octanol–water partition coefficient (Wildman–Crippen LogP) is 4.56. The highest BCUT2D eigenvalue weighted by Crippen LogP contribution is 2.19. The van der Waals surface area contributed by atoms with Crippen LogP contribution in [0.25, 0.3) is 5.69 Å². The highest BCUT2D eigenvalue weighted by Gasteiger charge is 2.00. The largest absolute Gasteiger partial charge is 0.381 e. The van der Waals surface area contributed by atoms with E-state index in [4.69, 9.17) is 0 Å². The van der Waals surface area contributed by atoms with Crippen LogP contribution in [0.3, 0.4) is 0 Å². The third-order valence-corrected chi connectivity index (χ3v) is 4.20. The van der Waals surface area contributed by atoms with Crippen LogP contribution in [0.4, 0.5) is 5.69 Å². The minimum atomic E-state index is 0.793. The molecule has 0 saturated heterocycles. The number of nitrogens with one attached hydrogen (secondary N) is 1. The SMILES string of the molecule is Cc1ccc(CNc2cccc(-n3cccn3)c2)cc1Br. The minimum Gasteiger partial charge on any atom is -0.381 e. The van der Waals surface area contributed by atoms with Gasteiger partial charge in [0.15, 0.2) is 0 Å². The normalized spacial score (nSPS) is 10.6. The van der Waals surface area contributed by atoms with Gasteiger partial charge in [0.2, 0.25) is 0 Å². The summed E-state index contributed by atoms with van der Waals surface area (Å²) < 4.78 is 3.00. The fourth-order valence-electron chi connectivity index (χ4n) is 2.13. The average Bonchev–Trinajstić information content (AvgIpc) is 3.03. The lowest BCUT2D eigenvalue weighted by Crippen LogP contribution is -2.01. The molecule has 0 amide bonds. The van der Waals surface area contributed by atoms with E-state index in [1.54, 1.807) is 6.20 Å². The summed E-state index contributed by atoms with van der Waals surface area (Å²) >= 11 is 3.57. The zero-order valence-electron chi connectivity index (χ0n) is 11.8. The van der Waals surface area contributed by atoms with Crippen molar-refractivity contribution in [3.63, 3.8) is 0 Å². The molecule has 2 aromatic carbocycles. The first kappa shape index (κ1) is 13.9. The fraction of sp³-hybridized carbons (Fsp3) is 0.118. The lowest BCUT2D eigenvalue weighted by molar-refractivity contribution is 0.880. The number of benzene rings is 2. The van der Waals surface area contributed by atoms with E-state index < -0.39 is 0 Å². The molecule has 0 aliphatic heterocycles. The van der Waals surface area contributed by atoms with Crippen molar-refractivity contribution in [1.29, 1.82) is 0 Å². The molecular formula is C17H16BrN3. The van der Waals surface area contributed by atoms with E-state index in [2.05, 4.69) is 63.6 Å². The summed E-state index contributed by atoms with van der Waals surface area (Å²) in [5, 5.41) is 7.70. The second-order valence-corrected chi connectivity index (χ2v) is 5.79. The molecule has 0 fully saturated rings. The van der Waals surface area contributed by atoms with E-state index in [0.717, 1.165) is 22.4 Å². The molecule has 0 spiro atoms. The number of aromatic nitrogens is 2. The Balaban J connectivity index is 1.73. The summed E-state index contributed by atoms with van der Waals surface area (Å²) in [6.45, 7) is 2.89. The van der Waals surface area contributed by atoms with Gasteiger partial charge in [-0.05, 0) is 48.4 Å². The van der Waals surface area contributed by atoms with Crippen molar-refractivity contribution in [2.24, 2.45) is 0 Å². The van der Waals surface area contributed by atoms with Gasteiger partial charge in [0.25, 0.3) is 0 Å². The topological polar surface area (TPSA) is 29.9 Å². The molecule has 3 rings (SSSR count). The van der Waals surface area contributed by atoms with Crippen LogP contribution in [0.15, 0.2) is 65.4 Å².